The van der Waals surface area contributed by atoms with E-state index in [0.29, 0.717) is 11.6 Å². The van der Waals surface area contributed by atoms with Gasteiger partial charge < -0.3 is 4.90 Å². The van der Waals surface area contributed by atoms with Crippen molar-refractivity contribution in [3.05, 3.63) is 76.8 Å². The zero-order valence-corrected chi connectivity index (χ0v) is 17.4. The van der Waals surface area contributed by atoms with Crippen molar-refractivity contribution in [2.75, 3.05) is 17.9 Å². The highest BCUT2D eigenvalue weighted by Gasteiger charge is 2.29. The predicted molar refractivity (Wildman–Crippen MR) is 111 cm³/mol. The quantitative estimate of drug-likeness (QED) is 0.568. The Morgan fingerprint density at radius 1 is 1.14 bits per heavy atom. The smallest absolute Gasteiger partial charge is 0.266 e. The van der Waals surface area contributed by atoms with E-state index >= 15 is 0 Å². The third-order valence-electron chi connectivity index (χ3n) is 3.98. The SMILES string of the molecule is CN(Cc1cccc(Cl)c1)C(=O)CN(c1nccs1)S(=O)(=O)c1ccccc1. The lowest BCUT2D eigenvalue weighted by atomic mass is 10.2. The van der Waals surface area contributed by atoms with Gasteiger partial charge in [-0.15, -0.1) is 11.3 Å². The minimum atomic E-state index is -3.92. The number of nitrogens with zero attached hydrogens (tertiary/aromatic N) is 3. The van der Waals surface area contributed by atoms with Crippen LogP contribution in [0.25, 0.3) is 0 Å². The topological polar surface area (TPSA) is 70.6 Å². The van der Waals surface area contributed by atoms with Crippen LogP contribution in [0.5, 0.6) is 0 Å². The van der Waals surface area contributed by atoms with Crippen molar-refractivity contribution in [1.29, 1.82) is 0 Å². The fourth-order valence-electron chi connectivity index (χ4n) is 2.56. The lowest BCUT2D eigenvalue weighted by molar-refractivity contribution is -0.128. The van der Waals surface area contributed by atoms with Crippen LogP contribution in [0.3, 0.4) is 0 Å². The van der Waals surface area contributed by atoms with Crippen LogP contribution in [0, 0.1) is 0 Å². The van der Waals surface area contributed by atoms with Gasteiger partial charge in [0.25, 0.3) is 10.0 Å². The highest BCUT2D eigenvalue weighted by molar-refractivity contribution is 7.93. The number of thiazole rings is 1. The van der Waals surface area contributed by atoms with E-state index in [1.54, 1.807) is 48.8 Å². The molecule has 6 nitrogen and oxygen atoms in total. The second-order valence-corrected chi connectivity index (χ2v) is 9.19. The summed E-state index contributed by atoms with van der Waals surface area (Å²) in [7, 11) is -2.30. The molecule has 2 aromatic carbocycles. The number of carbonyl (C=O) groups is 1. The van der Waals surface area contributed by atoms with Crippen molar-refractivity contribution in [2.24, 2.45) is 0 Å². The Hall–Kier alpha value is -2.42. The molecule has 1 amide bonds. The number of sulfonamides is 1. The fourth-order valence-corrected chi connectivity index (χ4v) is 5.03. The van der Waals surface area contributed by atoms with Gasteiger partial charge in [0.2, 0.25) is 5.91 Å². The Morgan fingerprint density at radius 3 is 2.54 bits per heavy atom. The van der Waals surface area contributed by atoms with E-state index in [-0.39, 0.29) is 22.5 Å². The lowest BCUT2D eigenvalue weighted by Gasteiger charge is -2.24. The second kappa shape index (κ2) is 8.72. The van der Waals surface area contributed by atoms with Crippen LogP contribution in [0.2, 0.25) is 5.02 Å². The normalized spacial score (nSPS) is 11.2. The molecule has 1 aromatic heterocycles. The zero-order chi connectivity index (χ0) is 20.1. The molecule has 0 saturated carbocycles. The molecule has 0 N–H and O–H groups in total. The van der Waals surface area contributed by atoms with Crippen LogP contribution in [0.1, 0.15) is 5.56 Å². The van der Waals surface area contributed by atoms with Gasteiger partial charge in [-0.1, -0.05) is 41.9 Å². The molecule has 28 heavy (non-hydrogen) atoms. The maximum atomic E-state index is 13.1. The molecule has 0 radical (unpaired) electrons. The van der Waals surface area contributed by atoms with Gasteiger partial charge in [0.15, 0.2) is 5.13 Å². The van der Waals surface area contributed by atoms with Crippen LogP contribution < -0.4 is 4.31 Å². The monoisotopic (exact) mass is 435 g/mol. The van der Waals surface area contributed by atoms with E-state index in [4.69, 9.17) is 11.6 Å². The van der Waals surface area contributed by atoms with Crippen molar-refractivity contribution < 1.29 is 13.2 Å². The van der Waals surface area contributed by atoms with Crippen molar-refractivity contribution in [1.82, 2.24) is 9.88 Å². The molecular formula is C19H18ClN3O3S2. The van der Waals surface area contributed by atoms with Gasteiger partial charge in [-0.2, -0.15) is 0 Å². The van der Waals surface area contributed by atoms with E-state index in [1.807, 2.05) is 6.07 Å². The molecule has 3 rings (SSSR count). The minimum absolute atomic E-state index is 0.107. The maximum Gasteiger partial charge on any atom is 0.266 e. The number of aromatic nitrogens is 1. The first-order valence-corrected chi connectivity index (χ1v) is 11.0. The Bertz CT molecular complexity index is 1040. The molecule has 0 spiro atoms. The minimum Gasteiger partial charge on any atom is -0.340 e. The summed E-state index contributed by atoms with van der Waals surface area (Å²) in [5.41, 5.74) is 0.857. The Labute approximate surface area is 173 Å². The second-order valence-electron chi connectivity index (χ2n) is 6.02. The summed E-state index contributed by atoms with van der Waals surface area (Å²) in [5, 5.41) is 2.49. The number of halogens is 1. The van der Waals surface area contributed by atoms with E-state index in [9.17, 15) is 13.2 Å². The highest BCUT2D eigenvalue weighted by Crippen LogP contribution is 2.25. The number of benzene rings is 2. The molecule has 1 heterocycles. The van der Waals surface area contributed by atoms with Gasteiger partial charge in [-0.05, 0) is 29.8 Å². The first-order valence-electron chi connectivity index (χ1n) is 8.33. The summed E-state index contributed by atoms with van der Waals surface area (Å²) in [6, 6.07) is 15.2. The largest absolute Gasteiger partial charge is 0.340 e. The number of likely N-dealkylation sites (N-methyl/N-ethyl adjacent to an activating group) is 1. The van der Waals surface area contributed by atoms with E-state index in [1.165, 1.54) is 23.2 Å². The molecular weight excluding hydrogens is 418 g/mol. The summed E-state index contributed by atoms with van der Waals surface area (Å²) in [6.45, 7) is -0.0295. The summed E-state index contributed by atoms with van der Waals surface area (Å²) in [5.74, 6) is -0.352. The van der Waals surface area contributed by atoms with Crippen molar-refractivity contribution in [2.45, 2.75) is 11.4 Å². The standard InChI is InChI=1S/C19H18ClN3O3S2/c1-22(13-15-6-5-7-16(20)12-15)18(24)14-23(19-21-10-11-27-19)28(25,26)17-8-3-2-4-9-17/h2-12H,13-14H2,1H3. The molecule has 0 atom stereocenters. The third kappa shape index (κ3) is 4.70. The molecule has 0 aliphatic rings. The molecule has 3 aromatic rings. The number of hydrogen-bond donors (Lipinski definition) is 0. The van der Waals surface area contributed by atoms with Crippen LogP contribution in [-0.2, 0) is 21.4 Å². The van der Waals surface area contributed by atoms with Gasteiger partial charge >= 0.3 is 0 Å². The summed E-state index contributed by atoms with van der Waals surface area (Å²) in [4.78, 5) is 18.4. The van der Waals surface area contributed by atoms with Crippen molar-refractivity contribution in [3.63, 3.8) is 0 Å². The number of amides is 1. The molecule has 0 aliphatic heterocycles. The zero-order valence-electron chi connectivity index (χ0n) is 15.0. The molecule has 9 heteroatoms. The van der Waals surface area contributed by atoms with E-state index in [2.05, 4.69) is 4.98 Å². The van der Waals surface area contributed by atoms with E-state index in [0.717, 1.165) is 21.2 Å². The average molecular weight is 436 g/mol. The summed E-state index contributed by atoms with van der Waals surface area (Å²) >= 11 is 7.15. The predicted octanol–water partition coefficient (Wildman–Crippen LogP) is 3.65. The van der Waals surface area contributed by atoms with Gasteiger partial charge in [0.1, 0.15) is 6.54 Å². The van der Waals surface area contributed by atoms with Crippen LogP contribution in [0.15, 0.2) is 71.1 Å². The van der Waals surface area contributed by atoms with Gasteiger partial charge in [0.05, 0.1) is 4.90 Å². The Balaban J connectivity index is 1.83. The van der Waals surface area contributed by atoms with Crippen LogP contribution in [-0.4, -0.2) is 37.8 Å². The average Bonchev–Trinajstić information content (AvgIpc) is 3.20. The van der Waals surface area contributed by atoms with Gasteiger partial charge in [0, 0.05) is 30.2 Å². The summed E-state index contributed by atoms with van der Waals surface area (Å²) < 4.78 is 27.2. The molecule has 0 bridgehead atoms. The Morgan fingerprint density at radius 2 is 1.89 bits per heavy atom. The molecule has 0 aliphatic carbocycles. The number of rotatable bonds is 7. The van der Waals surface area contributed by atoms with Gasteiger partial charge in [-0.25, -0.2) is 17.7 Å². The first kappa shape index (κ1) is 20.3. The number of hydrogen-bond acceptors (Lipinski definition) is 5. The third-order valence-corrected chi connectivity index (χ3v) is 6.87. The first-order chi connectivity index (χ1) is 13.4. The molecule has 0 fully saturated rings. The van der Waals surface area contributed by atoms with Gasteiger partial charge in [-0.3, -0.25) is 4.79 Å². The number of carbonyl (C=O) groups excluding carboxylic acids is 1. The van der Waals surface area contributed by atoms with Crippen LogP contribution in [0.4, 0.5) is 5.13 Å². The summed E-state index contributed by atoms with van der Waals surface area (Å²) in [6.07, 6.45) is 1.51. The molecule has 146 valence electrons. The lowest BCUT2D eigenvalue weighted by Crippen LogP contribution is -2.41. The fraction of sp³-hybridized carbons (Fsp3) is 0.158. The Kier molecular flexibility index (Phi) is 6.33. The van der Waals surface area contributed by atoms with E-state index < -0.39 is 10.0 Å². The molecule has 0 saturated heterocycles. The van der Waals surface area contributed by atoms with Crippen molar-refractivity contribution >= 4 is 44.0 Å². The number of anilines is 1. The van der Waals surface area contributed by atoms with Crippen LogP contribution >= 0.6 is 22.9 Å². The maximum absolute atomic E-state index is 13.1. The van der Waals surface area contributed by atoms with Crippen molar-refractivity contribution in [3.8, 4) is 0 Å². The molecule has 0 unspecified atom stereocenters. The highest BCUT2D eigenvalue weighted by atomic mass is 35.5.